The zero-order valence-electron chi connectivity index (χ0n) is 14.4. The van der Waals surface area contributed by atoms with Crippen LogP contribution in [0.3, 0.4) is 0 Å². The first kappa shape index (κ1) is 17.9. The van der Waals surface area contributed by atoms with E-state index in [2.05, 4.69) is 10.5 Å². The van der Waals surface area contributed by atoms with Crippen LogP contribution in [0, 0.1) is 5.82 Å². The molecule has 2 aromatic rings. The summed E-state index contributed by atoms with van der Waals surface area (Å²) in [6.45, 7) is 2.53. The lowest BCUT2D eigenvalue weighted by Crippen LogP contribution is -2.36. The highest BCUT2D eigenvalue weighted by Gasteiger charge is 2.15. The first-order valence-electron chi connectivity index (χ1n) is 8.27. The van der Waals surface area contributed by atoms with Crippen LogP contribution in [0.2, 0.25) is 0 Å². The molecule has 0 unspecified atom stereocenters. The van der Waals surface area contributed by atoms with Gasteiger partial charge in [0.15, 0.2) is 0 Å². The quantitative estimate of drug-likeness (QED) is 0.659. The van der Waals surface area contributed by atoms with E-state index in [9.17, 15) is 9.18 Å². The second-order valence-electron chi connectivity index (χ2n) is 5.74. The van der Waals surface area contributed by atoms with Crippen molar-refractivity contribution < 1.29 is 18.7 Å². The molecule has 136 valence electrons. The van der Waals surface area contributed by atoms with E-state index in [-0.39, 0.29) is 11.7 Å². The van der Waals surface area contributed by atoms with Crippen molar-refractivity contribution in [1.29, 1.82) is 0 Å². The molecule has 1 heterocycles. The largest absolute Gasteiger partial charge is 0.497 e. The Morgan fingerprint density at radius 2 is 1.96 bits per heavy atom. The summed E-state index contributed by atoms with van der Waals surface area (Å²) in [5.41, 5.74) is 3.99. The molecule has 0 spiro atoms. The highest BCUT2D eigenvalue weighted by molar-refractivity contribution is 5.95. The lowest BCUT2D eigenvalue weighted by molar-refractivity contribution is 0.0955. The number of carbonyl (C=O) groups is 1. The van der Waals surface area contributed by atoms with Gasteiger partial charge in [-0.2, -0.15) is 5.10 Å². The SMILES string of the molecule is COc1ccc(C(=O)N/N=C\c2ccc(N3CCOCC3)c(F)c2)cc1. The van der Waals surface area contributed by atoms with Gasteiger partial charge in [-0.25, -0.2) is 9.82 Å². The summed E-state index contributed by atoms with van der Waals surface area (Å²) in [5.74, 6) is -0.00692. The number of hydrazone groups is 1. The van der Waals surface area contributed by atoms with E-state index in [1.165, 1.54) is 12.3 Å². The fraction of sp³-hybridized carbons (Fsp3) is 0.263. The van der Waals surface area contributed by atoms with Crippen molar-refractivity contribution in [2.24, 2.45) is 5.10 Å². The van der Waals surface area contributed by atoms with Crippen molar-refractivity contribution in [3.8, 4) is 5.75 Å². The highest BCUT2D eigenvalue weighted by Crippen LogP contribution is 2.21. The summed E-state index contributed by atoms with van der Waals surface area (Å²) in [4.78, 5) is 14.0. The van der Waals surface area contributed by atoms with Crippen LogP contribution < -0.4 is 15.1 Å². The molecule has 26 heavy (non-hydrogen) atoms. The Balaban J connectivity index is 1.60. The first-order chi connectivity index (χ1) is 12.7. The molecule has 7 heteroatoms. The van der Waals surface area contributed by atoms with E-state index >= 15 is 0 Å². The predicted molar refractivity (Wildman–Crippen MR) is 97.5 cm³/mol. The summed E-state index contributed by atoms with van der Waals surface area (Å²) < 4.78 is 24.6. The van der Waals surface area contributed by atoms with Gasteiger partial charge in [0, 0.05) is 18.7 Å². The van der Waals surface area contributed by atoms with Gasteiger partial charge in [0.2, 0.25) is 0 Å². The number of anilines is 1. The minimum atomic E-state index is -0.352. The van der Waals surface area contributed by atoms with Gasteiger partial charge in [0.25, 0.3) is 5.91 Å². The second-order valence-corrected chi connectivity index (χ2v) is 5.74. The zero-order chi connectivity index (χ0) is 18.4. The molecule has 1 aliphatic rings. The summed E-state index contributed by atoms with van der Waals surface area (Å²) in [6.07, 6.45) is 1.41. The van der Waals surface area contributed by atoms with Gasteiger partial charge in [-0.05, 0) is 42.0 Å². The first-order valence-corrected chi connectivity index (χ1v) is 8.27. The van der Waals surface area contributed by atoms with Crippen LogP contribution in [0.4, 0.5) is 10.1 Å². The number of rotatable bonds is 5. The molecule has 0 atom stereocenters. The lowest BCUT2D eigenvalue weighted by Gasteiger charge is -2.29. The van der Waals surface area contributed by atoms with Crippen molar-refractivity contribution in [1.82, 2.24) is 5.43 Å². The fourth-order valence-electron chi connectivity index (χ4n) is 2.64. The zero-order valence-corrected chi connectivity index (χ0v) is 14.4. The standard InChI is InChI=1S/C19H20FN3O3/c1-25-16-5-3-15(4-6-16)19(24)22-21-13-14-2-7-18(17(20)12-14)23-8-10-26-11-9-23/h2-7,12-13H,8-11H2,1H3,(H,22,24)/b21-13-. The molecular weight excluding hydrogens is 337 g/mol. The number of ether oxygens (including phenoxy) is 2. The normalized spacial score (nSPS) is 14.5. The van der Waals surface area contributed by atoms with Crippen LogP contribution in [0.1, 0.15) is 15.9 Å². The van der Waals surface area contributed by atoms with Crippen molar-refractivity contribution in [3.63, 3.8) is 0 Å². The van der Waals surface area contributed by atoms with Gasteiger partial charge in [-0.15, -0.1) is 0 Å². The van der Waals surface area contributed by atoms with Crippen molar-refractivity contribution in [2.75, 3.05) is 38.3 Å². The molecule has 1 fully saturated rings. The van der Waals surface area contributed by atoms with Gasteiger partial charge in [-0.3, -0.25) is 4.79 Å². The van der Waals surface area contributed by atoms with E-state index in [0.717, 1.165) is 0 Å². The molecule has 1 aliphatic heterocycles. The summed E-state index contributed by atoms with van der Waals surface area (Å²) in [5, 5.41) is 3.89. The summed E-state index contributed by atoms with van der Waals surface area (Å²) >= 11 is 0. The van der Waals surface area contributed by atoms with Gasteiger partial charge in [-0.1, -0.05) is 6.07 Å². The van der Waals surface area contributed by atoms with Crippen LogP contribution >= 0.6 is 0 Å². The molecule has 6 nitrogen and oxygen atoms in total. The van der Waals surface area contributed by atoms with E-state index in [1.54, 1.807) is 43.5 Å². The number of nitrogens with one attached hydrogen (secondary N) is 1. The van der Waals surface area contributed by atoms with Crippen molar-refractivity contribution in [3.05, 3.63) is 59.4 Å². The van der Waals surface area contributed by atoms with Crippen molar-refractivity contribution >= 4 is 17.8 Å². The smallest absolute Gasteiger partial charge is 0.271 e. The van der Waals surface area contributed by atoms with E-state index in [1.807, 2.05) is 4.90 Å². The van der Waals surface area contributed by atoms with Crippen molar-refractivity contribution in [2.45, 2.75) is 0 Å². The van der Waals surface area contributed by atoms with Gasteiger partial charge < -0.3 is 14.4 Å². The number of amides is 1. The molecule has 0 saturated carbocycles. The van der Waals surface area contributed by atoms with Gasteiger partial charge in [0.1, 0.15) is 11.6 Å². The fourth-order valence-corrected chi connectivity index (χ4v) is 2.64. The summed E-state index contributed by atoms with van der Waals surface area (Å²) in [6, 6.07) is 11.5. The molecule has 1 amide bonds. The summed E-state index contributed by atoms with van der Waals surface area (Å²) in [7, 11) is 1.56. The van der Waals surface area contributed by atoms with Crippen LogP contribution in [-0.2, 0) is 4.74 Å². The number of nitrogens with zero attached hydrogens (tertiary/aromatic N) is 2. The van der Waals surface area contributed by atoms with Crippen LogP contribution in [0.25, 0.3) is 0 Å². The molecule has 3 rings (SSSR count). The number of methoxy groups -OCH3 is 1. The van der Waals surface area contributed by atoms with Crippen LogP contribution in [0.5, 0.6) is 5.75 Å². The maximum atomic E-state index is 14.3. The molecule has 0 aliphatic carbocycles. The third kappa shape index (κ3) is 4.37. The monoisotopic (exact) mass is 357 g/mol. The van der Waals surface area contributed by atoms with Gasteiger partial charge in [0.05, 0.1) is 32.2 Å². The number of morpholine rings is 1. The topological polar surface area (TPSA) is 63.2 Å². The average molecular weight is 357 g/mol. The number of halogens is 1. The van der Waals surface area contributed by atoms with E-state index < -0.39 is 0 Å². The minimum absolute atomic E-state index is 0.322. The van der Waals surface area contributed by atoms with Crippen LogP contribution in [-0.4, -0.2) is 45.5 Å². The Bertz CT molecular complexity index is 787. The maximum absolute atomic E-state index is 14.3. The Hall–Kier alpha value is -2.93. The average Bonchev–Trinajstić information content (AvgIpc) is 2.69. The molecule has 1 N–H and O–H groups in total. The third-order valence-corrected chi connectivity index (χ3v) is 4.06. The molecule has 1 saturated heterocycles. The third-order valence-electron chi connectivity index (χ3n) is 4.06. The van der Waals surface area contributed by atoms with E-state index in [4.69, 9.17) is 9.47 Å². The Kier molecular flexibility index (Phi) is 5.80. The molecule has 0 aromatic heterocycles. The Morgan fingerprint density at radius 3 is 2.62 bits per heavy atom. The molecule has 0 bridgehead atoms. The molecule has 2 aromatic carbocycles. The Labute approximate surface area is 151 Å². The molecular formula is C19H20FN3O3. The number of hydrogen-bond acceptors (Lipinski definition) is 5. The van der Waals surface area contributed by atoms with Gasteiger partial charge >= 0.3 is 0 Å². The molecule has 0 radical (unpaired) electrons. The van der Waals surface area contributed by atoms with Crippen LogP contribution in [0.15, 0.2) is 47.6 Å². The predicted octanol–water partition coefficient (Wildman–Crippen LogP) is 2.43. The highest BCUT2D eigenvalue weighted by atomic mass is 19.1. The number of hydrogen-bond donors (Lipinski definition) is 1. The van der Waals surface area contributed by atoms with E-state index in [0.29, 0.717) is 48.9 Å². The minimum Gasteiger partial charge on any atom is -0.497 e. The number of carbonyl (C=O) groups excluding carboxylic acids is 1. The lowest BCUT2D eigenvalue weighted by atomic mass is 10.2. The maximum Gasteiger partial charge on any atom is 0.271 e. The number of benzene rings is 2. The Morgan fingerprint density at radius 1 is 1.23 bits per heavy atom. The second kappa shape index (κ2) is 8.44.